The summed E-state index contributed by atoms with van der Waals surface area (Å²) in [5, 5.41) is 10.1. The molecule has 2 aromatic heterocycles. The lowest BCUT2D eigenvalue weighted by molar-refractivity contribution is -0.138. The van der Waals surface area contributed by atoms with Crippen LogP contribution in [0.5, 0.6) is 0 Å². The van der Waals surface area contributed by atoms with E-state index in [-0.39, 0.29) is 6.42 Å². The third-order valence-electron chi connectivity index (χ3n) is 4.92. The number of aryl methyl sites for hydroxylation is 1. The number of thiazole rings is 1. The first-order chi connectivity index (χ1) is 14.4. The zero-order valence-electron chi connectivity index (χ0n) is 16.3. The van der Waals surface area contributed by atoms with Crippen LogP contribution >= 0.6 is 22.7 Å². The van der Waals surface area contributed by atoms with Crippen molar-refractivity contribution in [3.05, 3.63) is 63.8 Å². The molecule has 2 N–H and O–H groups in total. The summed E-state index contributed by atoms with van der Waals surface area (Å²) in [6, 6.07) is 11.1. The lowest BCUT2D eigenvalue weighted by Gasteiger charge is -2.21. The van der Waals surface area contributed by atoms with Gasteiger partial charge in [0.15, 0.2) is 0 Å². The summed E-state index contributed by atoms with van der Waals surface area (Å²) in [5.41, 5.74) is 4.05. The number of carbonyl (C=O) groups is 3. The highest BCUT2D eigenvalue weighted by Gasteiger charge is 2.48. The zero-order valence-corrected chi connectivity index (χ0v) is 17.9. The summed E-state index contributed by atoms with van der Waals surface area (Å²) in [6.45, 7) is 1.68. The molecular formula is C21H20N4O3S2. The van der Waals surface area contributed by atoms with Crippen molar-refractivity contribution in [2.24, 2.45) is 0 Å². The van der Waals surface area contributed by atoms with Gasteiger partial charge in [0.25, 0.3) is 5.91 Å². The second kappa shape index (κ2) is 8.37. The number of nitrogens with one attached hydrogen (secondary N) is 2. The molecule has 0 unspecified atom stereocenters. The molecule has 4 amide bonds. The molecule has 0 radical (unpaired) electrons. The number of amides is 4. The van der Waals surface area contributed by atoms with Crippen molar-refractivity contribution in [2.75, 3.05) is 0 Å². The van der Waals surface area contributed by atoms with E-state index in [2.05, 4.69) is 15.7 Å². The normalized spacial score (nSPS) is 18.5. The summed E-state index contributed by atoms with van der Waals surface area (Å²) >= 11 is 3.03. The predicted molar refractivity (Wildman–Crippen MR) is 116 cm³/mol. The van der Waals surface area contributed by atoms with Crippen LogP contribution in [-0.4, -0.2) is 33.4 Å². The highest BCUT2D eigenvalue weighted by Crippen LogP contribution is 2.26. The van der Waals surface area contributed by atoms with Gasteiger partial charge in [0.05, 0.1) is 12.1 Å². The highest BCUT2D eigenvalue weighted by atomic mass is 32.1. The molecule has 1 aliphatic rings. The van der Waals surface area contributed by atoms with E-state index in [9.17, 15) is 14.4 Å². The Morgan fingerprint density at radius 1 is 1.20 bits per heavy atom. The quantitative estimate of drug-likeness (QED) is 0.551. The maximum absolute atomic E-state index is 12.8. The van der Waals surface area contributed by atoms with E-state index in [0.29, 0.717) is 18.5 Å². The zero-order chi connectivity index (χ0) is 21.1. The van der Waals surface area contributed by atoms with Crippen molar-refractivity contribution < 1.29 is 14.4 Å². The first kappa shape index (κ1) is 20.2. The van der Waals surface area contributed by atoms with Crippen LogP contribution in [-0.2, 0) is 22.4 Å². The van der Waals surface area contributed by atoms with Crippen LogP contribution in [0.4, 0.5) is 4.79 Å². The van der Waals surface area contributed by atoms with Crippen LogP contribution in [0.25, 0.3) is 10.6 Å². The highest BCUT2D eigenvalue weighted by molar-refractivity contribution is 7.14. The first-order valence-corrected chi connectivity index (χ1v) is 11.2. The second-order valence-corrected chi connectivity index (χ2v) is 8.89. The van der Waals surface area contributed by atoms with E-state index in [1.54, 1.807) is 18.3 Å². The van der Waals surface area contributed by atoms with E-state index >= 15 is 0 Å². The van der Waals surface area contributed by atoms with Crippen molar-refractivity contribution >= 4 is 40.5 Å². The predicted octanol–water partition coefficient (Wildman–Crippen LogP) is 3.39. The Morgan fingerprint density at radius 2 is 2.00 bits per heavy atom. The van der Waals surface area contributed by atoms with Crippen molar-refractivity contribution in [3.8, 4) is 10.6 Å². The van der Waals surface area contributed by atoms with Crippen LogP contribution in [0.1, 0.15) is 24.6 Å². The van der Waals surface area contributed by atoms with Crippen molar-refractivity contribution in [1.29, 1.82) is 0 Å². The van der Waals surface area contributed by atoms with Gasteiger partial charge in [-0.25, -0.2) is 9.78 Å². The van der Waals surface area contributed by atoms with E-state index in [1.165, 1.54) is 11.3 Å². The van der Waals surface area contributed by atoms with Gasteiger partial charge >= 0.3 is 6.03 Å². The average Bonchev–Trinajstić information content (AvgIpc) is 3.46. The molecule has 3 aromatic rings. The molecule has 7 nitrogen and oxygen atoms in total. The molecule has 4 rings (SSSR count). The van der Waals surface area contributed by atoms with Gasteiger partial charge in [-0.2, -0.15) is 16.3 Å². The van der Waals surface area contributed by atoms with Crippen molar-refractivity contribution in [3.63, 3.8) is 0 Å². The molecular weight excluding hydrogens is 420 g/mol. The van der Waals surface area contributed by atoms with Gasteiger partial charge in [-0.3, -0.25) is 15.0 Å². The number of benzene rings is 1. The molecule has 0 bridgehead atoms. The number of nitrogens with zero attached hydrogens (tertiary/aromatic N) is 2. The third kappa shape index (κ3) is 4.27. The minimum atomic E-state index is -1.06. The number of hydrogen-bond acceptors (Lipinski definition) is 6. The van der Waals surface area contributed by atoms with Gasteiger partial charge in [0.1, 0.15) is 10.5 Å². The first-order valence-electron chi connectivity index (χ1n) is 9.42. The largest absolute Gasteiger partial charge is 0.344 e. The lowest BCUT2D eigenvalue weighted by atomic mass is 9.93. The molecule has 1 aliphatic heterocycles. The number of thiophene rings is 1. The maximum atomic E-state index is 12.8. The fraction of sp³-hybridized carbons (Fsp3) is 0.238. The number of imide groups is 1. The monoisotopic (exact) mass is 440 g/mol. The fourth-order valence-corrected chi connectivity index (χ4v) is 4.76. The summed E-state index contributed by atoms with van der Waals surface area (Å²) in [5.74, 6) is -0.929. The molecule has 0 aliphatic carbocycles. The minimum absolute atomic E-state index is 0.0154. The van der Waals surface area contributed by atoms with E-state index in [1.807, 2.05) is 52.5 Å². The lowest BCUT2D eigenvalue weighted by Crippen LogP contribution is -2.49. The Morgan fingerprint density at radius 3 is 2.73 bits per heavy atom. The van der Waals surface area contributed by atoms with Crippen LogP contribution in [0.3, 0.4) is 0 Å². The van der Waals surface area contributed by atoms with Gasteiger partial charge < -0.3 is 5.32 Å². The summed E-state index contributed by atoms with van der Waals surface area (Å²) < 4.78 is 0. The van der Waals surface area contributed by atoms with Gasteiger partial charge in [-0.1, -0.05) is 30.3 Å². The molecule has 1 atom stereocenters. The molecule has 3 heterocycles. The van der Waals surface area contributed by atoms with E-state index < -0.39 is 23.4 Å². The van der Waals surface area contributed by atoms with Gasteiger partial charge in [0, 0.05) is 16.3 Å². The smallest absolute Gasteiger partial charge is 0.322 e. The van der Waals surface area contributed by atoms with Gasteiger partial charge in [-0.05, 0) is 36.8 Å². The fourth-order valence-electron chi connectivity index (χ4n) is 3.23. The standard InChI is InChI=1S/C21H20N4O3S2/c1-21(9-7-14-5-3-2-4-6-14)19(27)25(20(28)23-21)24-17(26)11-16-13-30-18(22-16)15-8-10-29-12-15/h2-6,8,10,12-13H,7,9,11H2,1H3,(H,23,28)(H,24,26)/t21-/m1/s1. The Bertz CT molecular complexity index is 1070. The Kier molecular flexibility index (Phi) is 5.65. The number of aromatic nitrogens is 1. The molecule has 1 fully saturated rings. The third-order valence-corrected chi connectivity index (χ3v) is 6.54. The van der Waals surface area contributed by atoms with Crippen LogP contribution < -0.4 is 10.7 Å². The Hall–Kier alpha value is -3.04. The van der Waals surface area contributed by atoms with Crippen molar-refractivity contribution in [2.45, 2.75) is 31.7 Å². The SMILES string of the molecule is C[C@]1(CCc2ccccc2)NC(=O)N(NC(=O)Cc2csc(-c3ccsc3)n2)C1=O. The molecule has 30 heavy (non-hydrogen) atoms. The maximum Gasteiger partial charge on any atom is 0.344 e. The van der Waals surface area contributed by atoms with Crippen LogP contribution in [0.2, 0.25) is 0 Å². The summed E-state index contributed by atoms with van der Waals surface area (Å²) in [4.78, 5) is 42.0. The molecule has 154 valence electrons. The van der Waals surface area contributed by atoms with E-state index in [0.717, 1.165) is 21.1 Å². The molecule has 0 saturated carbocycles. The minimum Gasteiger partial charge on any atom is -0.322 e. The number of urea groups is 1. The molecule has 1 saturated heterocycles. The number of carbonyl (C=O) groups excluding carboxylic acids is 3. The topological polar surface area (TPSA) is 91.4 Å². The molecule has 0 spiro atoms. The number of hydrazine groups is 1. The number of hydrogen-bond donors (Lipinski definition) is 2. The van der Waals surface area contributed by atoms with Crippen LogP contribution in [0.15, 0.2) is 52.5 Å². The van der Waals surface area contributed by atoms with Gasteiger partial charge in [-0.15, -0.1) is 11.3 Å². The number of rotatable bonds is 7. The molecule has 9 heteroatoms. The van der Waals surface area contributed by atoms with Crippen molar-refractivity contribution in [1.82, 2.24) is 20.7 Å². The average molecular weight is 441 g/mol. The summed E-state index contributed by atoms with van der Waals surface area (Å²) in [7, 11) is 0. The summed E-state index contributed by atoms with van der Waals surface area (Å²) in [6.07, 6.45) is 1.05. The second-order valence-electron chi connectivity index (χ2n) is 7.26. The van der Waals surface area contributed by atoms with Crippen LogP contribution in [0, 0.1) is 0 Å². The van der Waals surface area contributed by atoms with Gasteiger partial charge in [0.2, 0.25) is 5.91 Å². The Labute approximate surface area is 181 Å². The van der Waals surface area contributed by atoms with E-state index in [4.69, 9.17) is 0 Å². The molecule has 1 aromatic carbocycles. The Balaban J connectivity index is 1.36.